The Morgan fingerprint density at radius 2 is 2.00 bits per heavy atom. The first-order valence-electron chi connectivity index (χ1n) is 8.66. The van der Waals surface area contributed by atoms with Gasteiger partial charge in [0.25, 0.3) is 0 Å². The minimum absolute atomic E-state index is 0.0219. The lowest BCUT2D eigenvalue weighted by molar-refractivity contribution is -0.123. The Hall–Kier alpha value is -1.87. The maximum Gasteiger partial charge on any atom is 0.234 e. The molecule has 0 saturated carbocycles. The van der Waals surface area contributed by atoms with Gasteiger partial charge in [-0.2, -0.15) is 0 Å². The molecule has 0 aromatic heterocycles. The maximum absolute atomic E-state index is 12.4. The van der Waals surface area contributed by atoms with E-state index in [4.69, 9.17) is 0 Å². The molecule has 1 amide bonds. The van der Waals surface area contributed by atoms with Crippen molar-refractivity contribution in [1.82, 2.24) is 10.2 Å². The molecule has 1 fully saturated rings. The van der Waals surface area contributed by atoms with Gasteiger partial charge in [0.15, 0.2) is 0 Å². The van der Waals surface area contributed by atoms with Gasteiger partial charge < -0.3 is 5.32 Å². The third-order valence-electron chi connectivity index (χ3n) is 4.95. The zero-order valence-corrected chi connectivity index (χ0v) is 14.1. The highest BCUT2D eigenvalue weighted by molar-refractivity contribution is 5.87. The number of carbonyl (C=O) groups excluding carboxylic acids is 1. The summed E-state index contributed by atoms with van der Waals surface area (Å²) < 4.78 is 0. The number of likely N-dealkylation sites (tertiary alicyclic amines) is 1. The summed E-state index contributed by atoms with van der Waals surface area (Å²) in [5.74, 6) is 0.124. The Morgan fingerprint density at radius 3 is 2.83 bits per heavy atom. The first kappa shape index (κ1) is 16.0. The van der Waals surface area contributed by atoms with E-state index >= 15 is 0 Å². The van der Waals surface area contributed by atoms with Crippen LogP contribution < -0.4 is 5.32 Å². The van der Waals surface area contributed by atoms with Gasteiger partial charge in [-0.3, -0.25) is 9.69 Å². The molecule has 0 unspecified atom stereocenters. The summed E-state index contributed by atoms with van der Waals surface area (Å²) in [5, 5.41) is 5.61. The van der Waals surface area contributed by atoms with Gasteiger partial charge in [0.1, 0.15) is 0 Å². The van der Waals surface area contributed by atoms with Crippen molar-refractivity contribution in [2.75, 3.05) is 13.1 Å². The van der Waals surface area contributed by atoms with Gasteiger partial charge in [0, 0.05) is 6.04 Å². The summed E-state index contributed by atoms with van der Waals surface area (Å²) in [4.78, 5) is 14.7. The lowest BCUT2D eigenvalue weighted by Crippen LogP contribution is -2.44. The monoisotopic (exact) mass is 310 g/mol. The Balaban J connectivity index is 1.68. The van der Waals surface area contributed by atoms with Crippen molar-refractivity contribution in [2.45, 2.75) is 45.2 Å². The Morgan fingerprint density at radius 1 is 1.22 bits per heavy atom. The molecule has 1 aliphatic heterocycles. The molecule has 0 aliphatic carbocycles. The number of carbonyl (C=O) groups is 1. The highest BCUT2D eigenvalue weighted by Crippen LogP contribution is 2.24. The fourth-order valence-electron chi connectivity index (χ4n) is 3.57. The van der Waals surface area contributed by atoms with Crippen LogP contribution in [0.2, 0.25) is 0 Å². The van der Waals surface area contributed by atoms with Crippen LogP contribution in [0.1, 0.15) is 44.7 Å². The zero-order valence-electron chi connectivity index (χ0n) is 14.1. The number of hydrogen-bond donors (Lipinski definition) is 1. The minimum atomic E-state index is 0.0219. The Labute approximate surface area is 138 Å². The molecule has 0 bridgehead atoms. The summed E-state index contributed by atoms with van der Waals surface area (Å²) in [6.45, 7) is 5.84. The molecule has 3 nitrogen and oxygen atoms in total. The van der Waals surface area contributed by atoms with E-state index < -0.39 is 0 Å². The van der Waals surface area contributed by atoms with Crippen LogP contribution in [-0.2, 0) is 4.79 Å². The highest BCUT2D eigenvalue weighted by Gasteiger charge is 2.21. The predicted molar refractivity (Wildman–Crippen MR) is 95.4 cm³/mol. The van der Waals surface area contributed by atoms with E-state index in [0.29, 0.717) is 12.6 Å². The van der Waals surface area contributed by atoms with Gasteiger partial charge in [0.05, 0.1) is 12.6 Å². The largest absolute Gasteiger partial charge is 0.348 e. The van der Waals surface area contributed by atoms with E-state index in [0.717, 1.165) is 6.54 Å². The molecule has 3 heteroatoms. The Bertz CT molecular complexity index is 677. The van der Waals surface area contributed by atoms with Crippen LogP contribution in [0.25, 0.3) is 10.8 Å². The van der Waals surface area contributed by atoms with Crippen LogP contribution in [0.4, 0.5) is 0 Å². The molecule has 2 aromatic rings. The van der Waals surface area contributed by atoms with Gasteiger partial charge in [0.2, 0.25) is 5.91 Å². The number of rotatable bonds is 4. The second-order valence-corrected chi connectivity index (χ2v) is 6.67. The fraction of sp³-hybridized carbons (Fsp3) is 0.450. The SMILES string of the molecule is C[C@H](NC(=O)CN1CCCC[C@H]1C)c1cccc2ccccc12. The smallest absolute Gasteiger partial charge is 0.234 e. The van der Waals surface area contributed by atoms with Crippen LogP contribution in [-0.4, -0.2) is 29.9 Å². The van der Waals surface area contributed by atoms with Gasteiger partial charge in [-0.1, -0.05) is 48.9 Å². The summed E-state index contributed by atoms with van der Waals surface area (Å²) in [6.07, 6.45) is 3.69. The molecule has 2 atom stereocenters. The highest BCUT2D eigenvalue weighted by atomic mass is 16.2. The predicted octanol–water partition coefficient (Wildman–Crippen LogP) is 3.89. The fourth-order valence-corrected chi connectivity index (χ4v) is 3.57. The average Bonchev–Trinajstić information content (AvgIpc) is 2.56. The van der Waals surface area contributed by atoms with Crippen molar-refractivity contribution >= 4 is 16.7 Å². The topological polar surface area (TPSA) is 32.3 Å². The summed E-state index contributed by atoms with van der Waals surface area (Å²) in [7, 11) is 0. The van der Waals surface area contributed by atoms with Gasteiger partial charge in [-0.25, -0.2) is 0 Å². The van der Waals surface area contributed by atoms with E-state index in [1.54, 1.807) is 0 Å². The number of nitrogens with zero attached hydrogens (tertiary/aromatic N) is 1. The maximum atomic E-state index is 12.4. The van der Waals surface area contributed by atoms with Crippen molar-refractivity contribution in [3.8, 4) is 0 Å². The van der Waals surface area contributed by atoms with Gasteiger partial charge in [-0.15, -0.1) is 0 Å². The van der Waals surface area contributed by atoms with Gasteiger partial charge >= 0.3 is 0 Å². The number of fused-ring (bicyclic) bond motifs is 1. The number of hydrogen-bond acceptors (Lipinski definition) is 2. The zero-order chi connectivity index (χ0) is 16.2. The lowest BCUT2D eigenvalue weighted by Gasteiger charge is -2.33. The van der Waals surface area contributed by atoms with Crippen LogP contribution in [0, 0.1) is 0 Å². The van der Waals surface area contributed by atoms with E-state index in [9.17, 15) is 4.79 Å². The molecule has 3 rings (SSSR count). The molecular formula is C20H26N2O. The van der Waals surface area contributed by atoms with Crippen molar-refractivity contribution in [1.29, 1.82) is 0 Å². The summed E-state index contributed by atoms with van der Waals surface area (Å²) in [6, 6.07) is 15.2. The standard InChI is InChI=1S/C20H26N2O/c1-15-8-5-6-13-22(15)14-20(23)21-16(2)18-12-7-10-17-9-3-4-11-19(17)18/h3-4,7,9-12,15-16H,5-6,8,13-14H2,1-2H3,(H,21,23)/t15-,16+/m1/s1. The second kappa shape index (κ2) is 7.14. The van der Waals surface area contributed by atoms with Crippen LogP contribution in [0.3, 0.4) is 0 Å². The van der Waals surface area contributed by atoms with Crippen molar-refractivity contribution in [2.24, 2.45) is 0 Å². The van der Waals surface area contributed by atoms with Crippen LogP contribution >= 0.6 is 0 Å². The molecule has 23 heavy (non-hydrogen) atoms. The van der Waals surface area contributed by atoms with Crippen LogP contribution in [0.5, 0.6) is 0 Å². The third-order valence-corrected chi connectivity index (χ3v) is 4.95. The third kappa shape index (κ3) is 3.73. The van der Waals surface area contributed by atoms with Gasteiger partial charge in [-0.05, 0) is 49.6 Å². The first-order chi connectivity index (χ1) is 11.1. The summed E-state index contributed by atoms with van der Waals surface area (Å²) >= 11 is 0. The van der Waals surface area contributed by atoms with E-state index in [1.807, 2.05) is 6.07 Å². The molecule has 1 N–H and O–H groups in total. The molecule has 1 heterocycles. The van der Waals surface area contributed by atoms with Crippen molar-refractivity contribution < 1.29 is 4.79 Å². The molecule has 1 saturated heterocycles. The van der Waals surface area contributed by atoms with Crippen molar-refractivity contribution in [3.05, 3.63) is 48.0 Å². The second-order valence-electron chi connectivity index (χ2n) is 6.67. The minimum Gasteiger partial charge on any atom is -0.348 e. The molecule has 122 valence electrons. The quantitative estimate of drug-likeness (QED) is 0.929. The molecular weight excluding hydrogens is 284 g/mol. The number of amides is 1. The van der Waals surface area contributed by atoms with Crippen molar-refractivity contribution in [3.63, 3.8) is 0 Å². The number of benzene rings is 2. The average molecular weight is 310 g/mol. The first-order valence-corrected chi connectivity index (χ1v) is 8.66. The summed E-state index contributed by atoms with van der Waals surface area (Å²) in [5.41, 5.74) is 1.18. The Kier molecular flexibility index (Phi) is 4.97. The molecule has 0 spiro atoms. The van der Waals surface area contributed by atoms with Crippen LogP contribution in [0.15, 0.2) is 42.5 Å². The molecule has 2 aromatic carbocycles. The van der Waals surface area contributed by atoms with E-state index in [-0.39, 0.29) is 11.9 Å². The lowest BCUT2D eigenvalue weighted by atomic mass is 9.99. The number of nitrogens with one attached hydrogen (secondary N) is 1. The van der Waals surface area contributed by atoms with E-state index in [2.05, 4.69) is 60.5 Å². The molecule has 0 radical (unpaired) electrons. The number of piperidine rings is 1. The normalized spacial score (nSPS) is 20.3. The van der Waals surface area contributed by atoms with E-state index in [1.165, 1.54) is 35.6 Å². The molecule has 1 aliphatic rings.